The van der Waals surface area contributed by atoms with Crippen molar-refractivity contribution in [1.82, 2.24) is 10.3 Å². The molecule has 5 N–H and O–H groups in total. The summed E-state index contributed by atoms with van der Waals surface area (Å²) >= 11 is 0. The van der Waals surface area contributed by atoms with Crippen molar-refractivity contribution < 1.29 is 15.0 Å². The number of allylic oxidation sites excluding steroid dienone is 1. The molecule has 0 aliphatic carbocycles. The number of nitrogens with zero attached hydrogens (tertiary/aromatic N) is 1. The number of hydrogen-bond donors (Lipinski definition) is 4. The SMILES string of the molecule is NC(CO)C(O)C=CCCCCCCCCCCCCC(=O)NCc1cccnc1. The number of hydrogen-bond acceptors (Lipinski definition) is 5. The van der Waals surface area contributed by atoms with Gasteiger partial charge in [0, 0.05) is 25.4 Å². The van der Waals surface area contributed by atoms with Gasteiger partial charge >= 0.3 is 0 Å². The van der Waals surface area contributed by atoms with Crippen LogP contribution >= 0.6 is 0 Å². The van der Waals surface area contributed by atoms with E-state index in [1.807, 2.05) is 18.2 Å². The molecule has 0 bridgehead atoms. The highest BCUT2D eigenvalue weighted by atomic mass is 16.3. The first-order valence-corrected chi connectivity index (χ1v) is 11.5. The third-order valence-electron chi connectivity index (χ3n) is 5.22. The minimum Gasteiger partial charge on any atom is -0.395 e. The average Bonchev–Trinajstić information content (AvgIpc) is 2.77. The Morgan fingerprint density at radius 3 is 2.30 bits per heavy atom. The number of aliphatic hydroxyl groups is 2. The normalized spacial score (nSPS) is 13.4. The molecule has 0 aromatic carbocycles. The fourth-order valence-corrected chi connectivity index (χ4v) is 3.24. The molecule has 0 radical (unpaired) electrons. The number of pyridine rings is 1. The first-order valence-electron chi connectivity index (χ1n) is 11.5. The van der Waals surface area contributed by atoms with E-state index in [4.69, 9.17) is 10.8 Å². The zero-order valence-electron chi connectivity index (χ0n) is 18.3. The van der Waals surface area contributed by atoms with Gasteiger partial charge in [0.05, 0.1) is 18.8 Å². The Kier molecular flexibility index (Phi) is 15.8. The molecule has 1 heterocycles. The number of aliphatic hydroxyl groups excluding tert-OH is 2. The second-order valence-corrected chi connectivity index (χ2v) is 7.98. The van der Waals surface area contributed by atoms with Crippen LogP contribution in [0.4, 0.5) is 0 Å². The molecule has 1 amide bonds. The van der Waals surface area contributed by atoms with Crippen LogP contribution in [0.3, 0.4) is 0 Å². The molecule has 0 aliphatic heterocycles. The highest BCUT2D eigenvalue weighted by molar-refractivity contribution is 5.75. The minimum absolute atomic E-state index is 0.124. The van der Waals surface area contributed by atoms with Crippen molar-refractivity contribution in [2.45, 2.75) is 95.7 Å². The largest absolute Gasteiger partial charge is 0.395 e. The maximum atomic E-state index is 11.8. The molecule has 0 saturated heterocycles. The van der Waals surface area contributed by atoms with Gasteiger partial charge in [0.1, 0.15) is 0 Å². The van der Waals surface area contributed by atoms with Crippen LogP contribution in [0.15, 0.2) is 36.7 Å². The molecule has 1 aromatic rings. The summed E-state index contributed by atoms with van der Waals surface area (Å²) < 4.78 is 0. The molecule has 1 rings (SSSR count). The monoisotopic (exact) mass is 419 g/mol. The van der Waals surface area contributed by atoms with Gasteiger partial charge in [0.15, 0.2) is 0 Å². The van der Waals surface area contributed by atoms with Gasteiger partial charge in [-0.2, -0.15) is 0 Å². The molecular formula is C24H41N3O3. The Balaban J connectivity index is 1.82. The lowest BCUT2D eigenvalue weighted by Crippen LogP contribution is -2.36. The van der Waals surface area contributed by atoms with E-state index in [0.29, 0.717) is 13.0 Å². The van der Waals surface area contributed by atoms with Crippen molar-refractivity contribution in [1.29, 1.82) is 0 Å². The number of carbonyl (C=O) groups excluding carboxylic acids is 1. The molecule has 170 valence electrons. The fourth-order valence-electron chi connectivity index (χ4n) is 3.24. The van der Waals surface area contributed by atoms with Crippen LogP contribution in [0, 0.1) is 0 Å². The Morgan fingerprint density at radius 2 is 1.70 bits per heavy atom. The van der Waals surface area contributed by atoms with Crippen molar-refractivity contribution in [2.75, 3.05) is 6.61 Å². The van der Waals surface area contributed by atoms with E-state index in [-0.39, 0.29) is 12.5 Å². The minimum atomic E-state index is -0.753. The predicted molar refractivity (Wildman–Crippen MR) is 122 cm³/mol. The summed E-state index contributed by atoms with van der Waals surface area (Å²) in [5.74, 6) is 0.124. The quantitative estimate of drug-likeness (QED) is 0.215. The van der Waals surface area contributed by atoms with Crippen LogP contribution in [0.1, 0.15) is 82.6 Å². The second kappa shape index (κ2) is 18.0. The van der Waals surface area contributed by atoms with Crippen LogP contribution < -0.4 is 11.1 Å². The second-order valence-electron chi connectivity index (χ2n) is 7.98. The van der Waals surface area contributed by atoms with E-state index < -0.39 is 12.1 Å². The predicted octanol–water partition coefficient (Wildman–Crippen LogP) is 3.62. The molecule has 6 nitrogen and oxygen atoms in total. The van der Waals surface area contributed by atoms with Crippen LogP contribution in [-0.4, -0.2) is 39.9 Å². The van der Waals surface area contributed by atoms with E-state index in [1.54, 1.807) is 18.5 Å². The van der Waals surface area contributed by atoms with Gasteiger partial charge in [-0.3, -0.25) is 9.78 Å². The molecule has 30 heavy (non-hydrogen) atoms. The van der Waals surface area contributed by atoms with Crippen LogP contribution in [0.5, 0.6) is 0 Å². The van der Waals surface area contributed by atoms with Gasteiger partial charge in [0.2, 0.25) is 5.91 Å². The smallest absolute Gasteiger partial charge is 0.220 e. The van der Waals surface area contributed by atoms with E-state index in [1.165, 1.54) is 44.9 Å². The standard InChI is InChI=1S/C24H41N3O3/c25-22(20-28)23(29)15-11-9-7-5-3-1-2-4-6-8-10-12-16-24(30)27-19-21-14-13-17-26-18-21/h11,13-15,17-18,22-23,28-29H,1-10,12,16,19-20,25H2,(H,27,30). The van der Waals surface area contributed by atoms with Crippen LogP contribution in [0.2, 0.25) is 0 Å². The van der Waals surface area contributed by atoms with E-state index >= 15 is 0 Å². The maximum Gasteiger partial charge on any atom is 0.220 e. The maximum absolute atomic E-state index is 11.8. The molecule has 0 fully saturated rings. The zero-order valence-corrected chi connectivity index (χ0v) is 18.3. The third-order valence-corrected chi connectivity index (χ3v) is 5.22. The van der Waals surface area contributed by atoms with Gasteiger partial charge in [-0.1, -0.05) is 69.6 Å². The van der Waals surface area contributed by atoms with Crippen LogP contribution in [0.25, 0.3) is 0 Å². The average molecular weight is 420 g/mol. The Bertz CT molecular complexity index is 566. The van der Waals surface area contributed by atoms with Gasteiger partial charge < -0.3 is 21.3 Å². The van der Waals surface area contributed by atoms with Crippen molar-refractivity contribution in [3.63, 3.8) is 0 Å². The molecule has 2 atom stereocenters. The van der Waals surface area contributed by atoms with E-state index in [0.717, 1.165) is 31.2 Å². The number of nitrogens with one attached hydrogen (secondary N) is 1. The number of carbonyl (C=O) groups is 1. The fraction of sp³-hybridized carbons (Fsp3) is 0.667. The summed E-state index contributed by atoms with van der Waals surface area (Å²) in [6.45, 7) is 0.358. The molecule has 2 unspecified atom stereocenters. The Hall–Kier alpha value is -1.76. The van der Waals surface area contributed by atoms with Crippen molar-refractivity contribution in [3.05, 3.63) is 42.2 Å². The van der Waals surface area contributed by atoms with E-state index in [2.05, 4.69) is 10.3 Å². The summed E-state index contributed by atoms with van der Waals surface area (Å²) in [5, 5.41) is 21.4. The molecule has 0 saturated carbocycles. The first kappa shape index (κ1) is 26.3. The van der Waals surface area contributed by atoms with E-state index in [9.17, 15) is 9.90 Å². The lowest BCUT2D eigenvalue weighted by molar-refractivity contribution is -0.121. The zero-order chi connectivity index (χ0) is 21.9. The topological polar surface area (TPSA) is 108 Å². The summed E-state index contributed by atoms with van der Waals surface area (Å²) in [7, 11) is 0. The number of aromatic nitrogens is 1. The molecule has 0 aliphatic rings. The summed E-state index contributed by atoms with van der Waals surface area (Å²) in [6, 6.07) is 3.26. The molecular weight excluding hydrogens is 378 g/mol. The third kappa shape index (κ3) is 14.3. The summed E-state index contributed by atoms with van der Waals surface area (Å²) in [5.41, 5.74) is 6.57. The Labute approximate surface area is 182 Å². The van der Waals surface area contributed by atoms with Crippen molar-refractivity contribution in [2.24, 2.45) is 5.73 Å². The molecule has 6 heteroatoms. The number of unbranched alkanes of at least 4 members (excludes halogenated alkanes) is 10. The highest BCUT2D eigenvalue weighted by Gasteiger charge is 2.08. The van der Waals surface area contributed by atoms with Gasteiger partial charge in [-0.15, -0.1) is 0 Å². The molecule has 0 spiro atoms. The lowest BCUT2D eigenvalue weighted by Gasteiger charge is -2.11. The number of rotatable bonds is 18. The van der Waals surface area contributed by atoms with Gasteiger partial charge in [-0.05, 0) is 30.9 Å². The number of nitrogens with two attached hydrogens (primary N) is 1. The Morgan fingerprint density at radius 1 is 1.07 bits per heavy atom. The van der Waals surface area contributed by atoms with Gasteiger partial charge in [0.25, 0.3) is 0 Å². The number of amides is 1. The summed E-state index contributed by atoms with van der Waals surface area (Å²) in [4.78, 5) is 15.9. The van der Waals surface area contributed by atoms with Gasteiger partial charge in [-0.25, -0.2) is 0 Å². The first-order chi connectivity index (χ1) is 14.6. The highest BCUT2D eigenvalue weighted by Crippen LogP contribution is 2.12. The van der Waals surface area contributed by atoms with Crippen molar-refractivity contribution in [3.8, 4) is 0 Å². The van der Waals surface area contributed by atoms with Crippen LogP contribution in [-0.2, 0) is 11.3 Å². The molecule has 1 aromatic heterocycles. The summed E-state index contributed by atoms with van der Waals surface area (Å²) in [6.07, 6.45) is 19.9. The van der Waals surface area contributed by atoms with Crippen molar-refractivity contribution >= 4 is 5.91 Å². The lowest BCUT2D eigenvalue weighted by atomic mass is 10.0.